The summed E-state index contributed by atoms with van der Waals surface area (Å²) in [6.45, 7) is 3.19. The predicted octanol–water partition coefficient (Wildman–Crippen LogP) is 6.68. The Morgan fingerprint density at radius 2 is 1.61 bits per heavy atom. The molecule has 3 rings (SSSR count). The number of unbranched alkanes of at least 4 members (excludes halogenated alkanes) is 5. The summed E-state index contributed by atoms with van der Waals surface area (Å²) >= 11 is 0. The third kappa shape index (κ3) is 9.47. The Morgan fingerprint density at radius 1 is 0.917 bits per heavy atom. The van der Waals surface area contributed by atoms with E-state index in [1.165, 1.54) is 44.2 Å². The van der Waals surface area contributed by atoms with E-state index in [2.05, 4.69) is 40.1 Å². The predicted molar refractivity (Wildman–Crippen MR) is 142 cm³/mol. The minimum absolute atomic E-state index is 0.312. The van der Waals surface area contributed by atoms with Gasteiger partial charge in [0.1, 0.15) is 0 Å². The van der Waals surface area contributed by atoms with Gasteiger partial charge in [0.15, 0.2) is 25.0 Å². The first kappa shape index (κ1) is 26.8. The molecule has 0 atom stereocenters. The van der Waals surface area contributed by atoms with E-state index < -0.39 is 6.09 Å². The SMILES string of the molecule is CCCCCCCCc1cccc[n+]1CCOC(=O)Nc1ccc(Cc2ccc(N=C=O)cc2)cc1. The van der Waals surface area contributed by atoms with Crippen molar-refractivity contribution in [3.63, 3.8) is 0 Å². The smallest absolute Gasteiger partial charge is 0.411 e. The van der Waals surface area contributed by atoms with Gasteiger partial charge in [0.2, 0.25) is 6.08 Å². The first-order valence-corrected chi connectivity index (χ1v) is 12.8. The van der Waals surface area contributed by atoms with E-state index in [0.717, 1.165) is 24.0 Å². The van der Waals surface area contributed by atoms with Gasteiger partial charge in [-0.25, -0.2) is 9.59 Å². The topological polar surface area (TPSA) is 71.6 Å². The van der Waals surface area contributed by atoms with Crippen molar-refractivity contribution >= 4 is 23.5 Å². The van der Waals surface area contributed by atoms with Crippen molar-refractivity contribution in [1.29, 1.82) is 0 Å². The molecule has 6 heteroatoms. The first-order valence-electron chi connectivity index (χ1n) is 12.8. The summed E-state index contributed by atoms with van der Waals surface area (Å²) in [6.07, 6.45) is 12.6. The number of hydrogen-bond acceptors (Lipinski definition) is 4. The highest BCUT2D eigenvalue weighted by Crippen LogP contribution is 2.17. The molecule has 0 saturated carbocycles. The molecule has 2 aromatic carbocycles. The number of aromatic nitrogens is 1. The molecule has 1 aromatic heterocycles. The van der Waals surface area contributed by atoms with E-state index in [4.69, 9.17) is 4.74 Å². The number of rotatable bonds is 14. The number of amides is 1. The number of isocyanates is 1. The normalized spacial score (nSPS) is 10.5. The largest absolute Gasteiger partial charge is 0.443 e. The number of aliphatic imine (C=N–C) groups is 1. The zero-order valence-electron chi connectivity index (χ0n) is 21.1. The summed E-state index contributed by atoms with van der Waals surface area (Å²) in [5.41, 5.74) is 4.77. The van der Waals surface area contributed by atoms with Crippen LogP contribution in [0.4, 0.5) is 16.2 Å². The highest BCUT2D eigenvalue weighted by molar-refractivity contribution is 5.84. The van der Waals surface area contributed by atoms with Crippen LogP contribution in [-0.4, -0.2) is 18.8 Å². The molecule has 36 heavy (non-hydrogen) atoms. The van der Waals surface area contributed by atoms with Gasteiger partial charge >= 0.3 is 6.09 Å². The second-order valence-electron chi connectivity index (χ2n) is 8.91. The Morgan fingerprint density at radius 3 is 2.33 bits per heavy atom. The maximum absolute atomic E-state index is 12.3. The number of ether oxygens (including phenoxy) is 1. The molecule has 1 N–H and O–H groups in total. The average Bonchev–Trinajstić information content (AvgIpc) is 2.89. The van der Waals surface area contributed by atoms with E-state index in [1.807, 2.05) is 42.5 Å². The summed E-state index contributed by atoms with van der Waals surface area (Å²) in [6, 6.07) is 21.4. The van der Waals surface area contributed by atoms with Crippen LogP contribution in [0, 0.1) is 0 Å². The lowest BCUT2D eigenvalue weighted by Gasteiger charge is -2.08. The van der Waals surface area contributed by atoms with Crippen molar-refractivity contribution < 1.29 is 18.9 Å². The average molecular weight is 487 g/mol. The van der Waals surface area contributed by atoms with Gasteiger partial charge in [0.25, 0.3) is 0 Å². The number of nitrogens with one attached hydrogen (secondary N) is 1. The van der Waals surface area contributed by atoms with Crippen LogP contribution in [0.15, 0.2) is 77.9 Å². The highest BCUT2D eigenvalue weighted by Gasteiger charge is 2.11. The molecule has 0 unspecified atom stereocenters. The number of nitrogens with zero attached hydrogens (tertiary/aromatic N) is 2. The monoisotopic (exact) mass is 486 g/mol. The molecule has 3 aromatic rings. The molecule has 0 bridgehead atoms. The minimum Gasteiger partial charge on any atom is -0.443 e. The number of carbonyl (C=O) groups is 1. The van der Waals surface area contributed by atoms with Gasteiger partial charge in [-0.15, -0.1) is 0 Å². The minimum atomic E-state index is -0.455. The second kappa shape index (κ2) is 15.3. The summed E-state index contributed by atoms with van der Waals surface area (Å²) in [5, 5.41) is 2.79. The lowest BCUT2D eigenvalue weighted by Crippen LogP contribution is -2.40. The fraction of sp³-hybridized carbons (Fsp3) is 0.367. The van der Waals surface area contributed by atoms with Gasteiger partial charge in [-0.2, -0.15) is 9.56 Å². The van der Waals surface area contributed by atoms with Crippen LogP contribution in [0.1, 0.15) is 62.3 Å². The quantitative estimate of drug-likeness (QED) is 0.119. The van der Waals surface area contributed by atoms with E-state index in [-0.39, 0.29) is 0 Å². The lowest BCUT2D eigenvalue weighted by atomic mass is 10.0. The molecule has 0 radical (unpaired) electrons. The summed E-state index contributed by atoms with van der Waals surface area (Å²) in [4.78, 5) is 26.2. The maximum atomic E-state index is 12.3. The van der Waals surface area contributed by atoms with Gasteiger partial charge < -0.3 is 4.74 Å². The van der Waals surface area contributed by atoms with Crippen LogP contribution in [0.3, 0.4) is 0 Å². The second-order valence-corrected chi connectivity index (χ2v) is 8.91. The number of anilines is 1. The van der Waals surface area contributed by atoms with E-state index in [1.54, 1.807) is 18.2 Å². The Balaban J connectivity index is 1.40. The van der Waals surface area contributed by atoms with Crippen LogP contribution in [0.5, 0.6) is 0 Å². The van der Waals surface area contributed by atoms with Crippen LogP contribution >= 0.6 is 0 Å². The molecule has 0 aliphatic carbocycles. The third-order valence-corrected chi connectivity index (χ3v) is 6.11. The summed E-state index contributed by atoms with van der Waals surface area (Å²) in [7, 11) is 0. The Hall–Kier alpha value is -3.76. The number of benzene rings is 2. The number of hydrogen-bond donors (Lipinski definition) is 1. The van der Waals surface area contributed by atoms with Gasteiger partial charge in [-0.05, 0) is 48.2 Å². The van der Waals surface area contributed by atoms with Crippen molar-refractivity contribution in [1.82, 2.24) is 0 Å². The Labute approximate surface area is 214 Å². The molecule has 0 aliphatic heterocycles. The molecule has 0 fully saturated rings. The Bertz CT molecular complexity index is 1120. The van der Waals surface area contributed by atoms with Crippen molar-refractivity contribution in [2.45, 2.75) is 64.8 Å². The van der Waals surface area contributed by atoms with E-state index in [9.17, 15) is 9.59 Å². The zero-order chi connectivity index (χ0) is 25.4. The first-order chi connectivity index (χ1) is 17.7. The third-order valence-electron chi connectivity index (χ3n) is 6.11. The maximum Gasteiger partial charge on any atom is 0.411 e. The molecular formula is C30H36N3O3+. The van der Waals surface area contributed by atoms with E-state index in [0.29, 0.717) is 24.5 Å². The van der Waals surface area contributed by atoms with Crippen LogP contribution in [-0.2, 0) is 28.9 Å². The Kier molecular flexibility index (Phi) is 11.4. The van der Waals surface area contributed by atoms with Crippen LogP contribution in [0.25, 0.3) is 0 Å². The number of aryl methyl sites for hydroxylation is 1. The van der Waals surface area contributed by atoms with Crippen molar-refractivity contribution in [3.05, 3.63) is 89.7 Å². The fourth-order valence-electron chi connectivity index (χ4n) is 4.12. The highest BCUT2D eigenvalue weighted by atomic mass is 16.5. The molecule has 6 nitrogen and oxygen atoms in total. The summed E-state index contributed by atoms with van der Waals surface area (Å²) in [5.74, 6) is 0. The molecular weight excluding hydrogens is 450 g/mol. The zero-order valence-corrected chi connectivity index (χ0v) is 21.1. The molecule has 0 saturated heterocycles. The number of pyridine rings is 1. The van der Waals surface area contributed by atoms with Gasteiger partial charge in [-0.1, -0.05) is 69.4 Å². The number of carbonyl (C=O) groups excluding carboxylic acids is 2. The van der Waals surface area contributed by atoms with Gasteiger partial charge in [0, 0.05) is 24.2 Å². The van der Waals surface area contributed by atoms with Gasteiger partial charge in [0.05, 0.1) is 5.69 Å². The molecule has 188 valence electrons. The molecule has 1 amide bonds. The summed E-state index contributed by atoms with van der Waals surface area (Å²) < 4.78 is 7.60. The van der Waals surface area contributed by atoms with Crippen molar-refractivity contribution in [2.75, 3.05) is 11.9 Å². The lowest BCUT2D eigenvalue weighted by molar-refractivity contribution is -0.705. The standard InChI is InChI=1S/C30H35N3O3/c1-2-3-4-5-6-7-10-29-11-8-9-20-33(29)21-22-36-30(35)32-28-18-14-26(15-19-28)23-25-12-16-27(17-13-25)31-24-34/h8-9,11-20H,2-7,10,21-23H2,1H3/p+1. The van der Waals surface area contributed by atoms with Crippen molar-refractivity contribution in [3.8, 4) is 0 Å². The molecule has 0 aliphatic rings. The van der Waals surface area contributed by atoms with Crippen molar-refractivity contribution in [2.24, 2.45) is 4.99 Å². The molecule has 0 spiro atoms. The molecule has 1 heterocycles. The van der Waals surface area contributed by atoms with Gasteiger partial charge in [-0.3, -0.25) is 5.32 Å². The van der Waals surface area contributed by atoms with Crippen LogP contribution < -0.4 is 9.88 Å². The fourth-order valence-corrected chi connectivity index (χ4v) is 4.12. The van der Waals surface area contributed by atoms with Crippen LogP contribution in [0.2, 0.25) is 0 Å². The van der Waals surface area contributed by atoms with E-state index >= 15 is 0 Å².